The Morgan fingerprint density at radius 3 is 1.81 bits per heavy atom. The maximum absolute atomic E-state index is 12.9. The smallest absolute Gasteiger partial charge is 0.326 e. The number of nitrogens with two attached hydrogens (primary N) is 4. The molecule has 0 radical (unpaired) electrons. The number of rotatable bonds is 17. The first kappa shape index (κ1) is 32.0. The number of guanidine groups is 1. The molecule has 0 aromatic heterocycles. The Kier molecular flexibility index (Phi) is 14.1. The second-order valence-electron chi connectivity index (χ2n) is 8.47. The Bertz CT molecular complexity index is 844. The second kappa shape index (κ2) is 15.9. The van der Waals surface area contributed by atoms with Crippen LogP contribution in [0.1, 0.15) is 46.0 Å². The summed E-state index contributed by atoms with van der Waals surface area (Å²) >= 11 is 0. The third kappa shape index (κ3) is 13.7. The fraction of sp³-hybridized carbons (Fsp3) is 0.650. The molecule has 16 nitrogen and oxygen atoms in total. The van der Waals surface area contributed by atoms with Gasteiger partial charge in [0.1, 0.15) is 18.1 Å². The van der Waals surface area contributed by atoms with Gasteiger partial charge in [0, 0.05) is 6.54 Å². The average Bonchev–Trinajstić information content (AvgIpc) is 2.73. The Morgan fingerprint density at radius 1 is 0.806 bits per heavy atom. The fourth-order valence-corrected chi connectivity index (χ4v) is 3.00. The van der Waals surface area contributed by atoms with Crippen LogP contribution in [0.15, 0.2) is 4.99 Å². The van der Waals surface area contributed by atoms with E-state index in [0.29, 0.717) is 6.42 Å². The Hall–Kier alpha value is -3.95. The predicted molar refractivity (Wildman–Crippen MR) is 127 cm³/mol. The lowest BCUT2D eigenvalue weighted by molar-refractivity contribution is -0.144. The van der Waals surface area contributed by atoms with Gasteiger partial charge in [-0.3, -0.25) is 29.0 Å². The van der Waals surface area contributed by atoms with Gasteiger partial charge >= 0.3 is 11.9 Å². The molecule has 0 fully saturated rings. The second-order valence-corrected chi connectivity index (χ2v) is 8.47. The van der Waals surface area contributed by atoms with E-state index < -0.39 is 72.6 Å². The van der Waals surface area contributed by atoms with Crippen molar-refractivity contribution in [2.45, 2.75) is 70.1 Å². The van der Waals surface area contributed by atoms with E-state index in [9.17, 15) is 28.8 Å². The van der Waals surface area contributed by atoms with Crippen LogP contribution in [0.3, 0.4) is 0 Å². The van der Waals surface area contributed by atoms with Gasteiger partial charge in [0.15, 0.2) is 5.96 Å². The van der Waals surface area contributed by atoms with E-state index in [2.05, 4.69) is 15.6 Å². The molecule has 0 saturated carbocycles. The Labute approximate surface area is 207 Å². The van der Waals surface area contributed by atoms with E-state index in [0.717, 1.165) is 0 Å². The number of aliphatic carboxylic acids is 2. The molecular weight excluding hydrogens is 480 g/mol. The third-order valence-corrected chi connectivity index (χ3v) is 4.67. The lowest BCUT2D eigenvalue weighted by Crippen LogP contribution is -2.57. The standard InChI is InChI=1S/C20H36N8O8/c1-9(2)6-10(21)16(32)26-11(4-3-5-25-20(23)24)17(33)27-12(8-15(30)31)18(34)28-13(19(35)36)7-14(22)29/h9-13H,3-8,21H2,1-2H3,(H2,22,29)(H,26,32)(H,27,33)(H,28,34)(H,30,31)(H,35,36)(H4,23,24,25). The molecule has 0 spiro atoms. The van der Waals surface area contributed by atoms with Crippen molar-refractivity contribution in [1.82, 2.24) is 16.0 Å². The van der Waals surface area contributed by atoms with Crippen LogP contribution in [-0.2, 0) is 28.8 Å². The molecule has 16 heteroatoms. The summed E-state index contributed by atoms with van der Waals surface area (Å²) in [5.41, 5.74) is 21.4. The maximum Gasteiger partial charge on any atom is 0.326 e. The summed E-state index contributed by atoms with van der Waals surface area (Å²) in [6.07, 6.45) is -1.11. The summed E-state index contributed by atoms with van der Waals surface area (Å²) < 4.78 is 0. The number of nitrogens with one attached hydrogen (secondary N) is 3. The molecule has 4 amide bonds. The van der Waals surface area contributed by atoms with Gasteiger partial charge < -0.3 is 49.1 Å². The van der Waals surface area contributed by atoms with Crippen molar-refractivity contribution in [3.63, 3.8) is 0 Å². The number of hydrogen-bond acceptors (Lipinski definition) is 8. The van der Waals surface area contributed by atoms with Gasteiger partial charge in [-0.15, -0.1) is 0 Å². The molecule has 0 aliphatic carbocycles. The maximum atomic E-state index is 12.9. The molecule has 0 rings (SSSR count). The zero-order valence-corrected chi connectivity index (χ0v) is 20.2. The van der Waals surface area contributed by atoms with Gasteiger partial charge in [0.2, 0.25) is 23.6 Å². The molecule has 0 aliphatic heterocycles. The molecule has 0 aromatic rings. The summed E-state index contributed by atoms with van der Waals surface area (Å²) in [7, 11) is 0. The number of primary amides is 1. The zero-order chi connectivity index (χ0) is 28.0. The highest BCUT2D eigenvalue weighted by Gasteiger charge is 2.32. The van der Waals surface area contributed by atoms with E-state index in [4.69, 9.17) is 33.1 Å². The van der Waals surface area contributed by atoms with Gasteiger partial charge in [0.05, 0.1) is 18.9 Å². The number of amides is 4. The Morgan fingerprint density at radius 2 is 1.33 bits per heavy atom. The van der Waals surface area contributed by atoms with Gasteiger partial charge in [-0.2, -0.15) is 0 Å². The largest absolute Gasteiger partial charge is 0.481 e. The van der Waals surface area contributed by atoms with Gasteiger partial charge in [-0.05, 0) is 25.2 Å². The predicted octanol–water partition coefficient (Wildman–Crippen LogP) is -3.70. The molecule has 13 N–H and O–H groups in total. The number of hydrogen-bond donors (Lipinski definition) is 9. The van der Waals surface area contributed by atoms with E-state index in [1.807, 2.05) is 19.2 Å². The summed E-state index contributed by atoms with van der Waals surface area (Å²) in [6.45, 7) is 3.82. The van der Waals surface area contributed by atoms with E-state index >= 15 is 0 Å². The zero-order valence-electron chi connectivity index (χ0n) is 20.2. The van der Waals surface area contributed by atoms with Crippen molar-refractivity contribution in [2.75, 3.05) is 6.54 Å². The summed E-state index contributed by atoms with van der Waals surface area (Å²) in [5, 5.41) is 25.0. The van der Waals surface area contributed by atoms with Crippen molar-refractivity contribution < 1.29 is 39.0 Å². The molecule has 0 heterocycles. The van der Waals surface area contributed by atoms with Crippen LogP contribution in [-0.4, -0.2) is 82.5 Å². The van der Waals surface area contributed by atoms with Crippen LogP contribution >= 0.6 is 0 Å². The summed E-state index contributed by atoms with van der Waals surface area (Å²) in [5.74, 6) is -6.93. The number of carbonyl (C=O) groups is 6. The van der Waals surface area contributed by atoms with Crippen LogP contribution < -0.4 is 38.9 Å². The number of carboxylic acids is 2. The van der Waals surface area contributed by atoms with Crippen LogP contribution in [0.5, 0.6) is 0 Å². The average molecular weight is 517 g/mol. The van der Waals surface area contributed by atoms with Crippen LogP contribution in [0, 0.1) is 5.92 Å². The summed E-state index contributed by atoms with van der Waals surface area (Å²) in [4.78, 5) is 75.4. The first-order valence-corrected chi connectivity index (χ1v) is 11.1. The number of carbonyl (C=O) groups excluding carboxylic acids is 4. The van der Waals surface area contributed by atoms with Crippen molar-refractivity contribution in [3.05, 3.63) is 0 Å². The van der Waals surface area contributed by atoms with Gasteiger partial charge in [-0.1, -0.05) is 13.8 Å². The third-order valence-electron chi connectivity index (χ3n) is 4.67. The SMILES string of the molecule is CC(C)CC(N)C(=O)NC(CCCN=C(N)N)C(=O)NC(CC(=O)O)C(=O)NC(CC(N)=O)C(=O)O. The molecule has 4 atom stereocenters. The van der Waals surface area contributed by atoms with E-state index in [1.54, 1.807) is 0 Å². The van der Waals surface area contributed by atoms with Crippen molar-refractivity contribution in [2.24, 2.45) is 33.8 Å². The highest BCUT2D eigenvalue weighted by molar-refractivity contribution is 5.96. The minimum absolute atomic E-state index is 0.00356. The van der Waals surface area contributed by atoms with Crippen LogP contribution in [0.2, 0.25) is 0 Å². The van der Waals surface area contributed by atoms with Gasteiger partial charge in [-0.25, -0.2) is 4.79 Å². The highest BCUT2D eigenvalue weighted by atomic mass is 16.4. The van der Waals surface area contributed by atoms with Crippen LogP contribution in [0.25, 0.3) is 0 Å². The molecule has 0 aromatic carbocycles. The normalized spacial score (nSPS) is 14.0. The Balaban J connectivity index is 5.65. The minimum Gasteiger partial charge on any atom is -0.481 e. The van der Waals surface area contributed by atoms with Crippen molar-refractivity contribution >= 4 is 41.5 Å². The van der Waals surface area contributed by atoms with E-state index in [-0.39, 0.29) is 31.3 Å². The molecule has 4 unspecified atom stereocenters. The fourth-order valence-electron chi connectivity index (χ4n) is 3.00. The van der Waals surface area contributed by atoms with Crippen molar-refractivity contribution in [1.29, 1.82) is 0 Å². The first-order valence-electron chi connectivity index (χ1n) is 11.1. The molecule has 0 aliphatic rings. The summed E-state index contributed by atoms with van der Waals surface area (Å²) in [6, 6.07) is -5.64. The molecular formula is C20H36N8O8. The lowest BCUT2D eigenvalue weighted by Gasteiger charge is -2.24. The van der Waals surface area contributed by atoms with Crippen LogP contribution in [0.4, 0.5) is 0 Å². The van der Waals surface area contributed by atoms with E-state index in [1.165, 1.54) is 0 Å². The number of carboxylic acid groups (broad SMARTS) is 2. The quantitative estimate of drug-likeness (QED) is 0.0514. The lowest BCUT2D eigenvalue weighted by atomic mass is 10.0. The molecule has 36 heavy (non-hydrogen) atoms. The first-order chi connectivity index (χ1) is 16.6. The van der Waals surface area contributed by atoms with Gasteiger partial charge in [0.25, 0.3) is 0 Å². The number of nitrogens with zero attached hydrogens (tertiary/aromatic N) is 1. The molecule has 0 saturated heterocycles. The molecule has 204 valence electrons. The minimum atomic E-state index is -1.74. The monoisotopic (exact) mass is 516 g/mol. The number of aliphatic imine (C=N–C) groups is 1. The molecule has 0 bridgehead atoms. The highest BCUT2D eigenvalue weighted by Crippen LogP contribution is 2.06. The van der Waals surface area contributed by atoms with Crippen molar-refractivity contribution in [3.8, 4) is 0 Å². The topological polar surface area (TPSA) is 295 Å².